The Morgan fingerprint density at radius 2 is 1.42 bits per heavy atom. The van der Waals surface area contributed by atoms with E-state index in [1.165, 1.54) is 6.07 Å². The van der Waals surface area contributed by atoms with Crippen molar-refractivity contribution in [1.82, 2.24) is 0 Å². The van der Waals surface area contributed by atoms with Crippen LogP contribution in [-0.2, 0) is 10.2 Å². The number of halogens is 6. The number of rotatable bonds is 8. The summed E-state index contributed by atoms with van der Waals surface area (Å²) in [7, 11) is 0. The third kappa shape index (κ3) is 6.41. The van der Waals surface area contributed by atoms with Crippen LogP contribution in [0, 0.1) is 25.7 Å². The van der Waals surface area contributed by atoms with Crippen LogP contribution in [-0.4, -0.2) is 34.1 Å². The molecule has 0 aliphatic carbocycles. The van der Waals surface area contributed by atoms with Crippen molar-refractivity contribution in [2.24, 2.45) is 0 Å². The molecule has 0 atom stereocenters. The van der Waals surface area contributed by atoms with Crippen molar-refractivity contribution in [1.29, 1.82) is 0 Å². The number of aliphatic hydroxyl groups is 1. The number of aryl methyl sites for hydroxylation is 2. The minimum atomic E-state index is -5.93. The Hall–Kier alpha value is -3.25. The lowest BCUT2D eigenvalue weighted by Gasteiger charge is -2.34. The molecule has 0 aliphatic heterocycles. The van der Waals surface area contributed by atoms with E-state index < -0.39 is 29.3 Å². The van der Waals surface area contributed by atoms with Gasteiger partial charge in [0.1, 0.15) is 0 Å². The molecule has 2 N–H and O–H groups in total. The monoisotopic (exact) mass is 540 g/mol. The van der Waals surface area contributed by atoms with Crippen LogP contribution < -0.4 is 0 Å². The van der Waals surface area contributed by atoms with Gasteiger partial charge in [-0.25, -0.2) is 0 Å². The van der Waals surface area contributed by atoms with Crippen LogP contribution in [0.2, 0.25) is 0 Å². The second kappa shape index (κ2) is 11.6. The predicted molar refractivity (Wildman–Crippen MR) is 134 cm³/mol. The lowest BCUT2D eigenvalue weighted by molar-refractivity contribution is -0.347. The fraction of sp³-hybridized carbons (Fsp3) is 0.414. The van der Waals surface area contributed by atoms with Crippen LogP contribution in [0.25, 0.3) is 6.08 Å². The molecule has 38 heavy (non-hydrogen) atoms. The predicted octanol–water partition coefficient (Wildman–Crippen LogP) is 7.49. The fourth-order valence-electron chi connectivity index (χ4n) is 4.38. The highest BCUT2D eigenvalue weighted by molar-refractivity contribution is 5.67. The second-order valence-electron chi connectivity index (χ2n) is 9.18. The zero-order valence-electron chi connectivity index (χ0n) is 21.5. The lowest BCUT2D eigenvalue weighted by atomic mass is 9.69. The summed E-state index contributed by atoms with van der Waals surface area (Å²) < 4.78 is 78.2. The molecule has 2 aromatic carbocycles. The van der Waals surface area contributed by atoms with E-state index in [0.29, 0.717) is 24.5 Å². The Balaban J connectivity index is 2.47. The minimum Gasteiger partial charge on any atom is -0.481 e. The summed E-state index contributed by atoms with van der Waals surface area (Å²) in [5, 5.41) is 18.2. The molecular formula is C29H30F6O3. The Kier molecular flexibility index (Phi) is 9.49. The molecule has 0 saturated heterocycles. The van der Waals surface area contributed by atoms with Gasteiger partial charge in [-0.3, -0.25) is 4.79 Å². The Morgan fingerprint density at radius 1 is 0.895 bits per heavy atom. The summed E-state index contributed by atoms with van der Waals surface area (Å²) in [6, 6.07) is 10.6. The van der Waals surface area contributed by atoms with E-state index in [1.807, 2.05) is 39.0 Å². The molecule has 0 heterocycles. The summed E-state index contributed by atoms with van der Waals surface area (Å²) in [6.45, 7) is 7.46. The van der Waals surface area contributed by atoms with Gasteiger partial charge in [-0.2, -0.15) is 26.3 Å². The molecule has 0 radical (unpaired) electrons. The molecule has 0 aromatic heterocycles. The van der Waals surface area contributed by atoms with Crippen LogP contribution in [0.3, 0.4) is 0 Å². The van der Waals surface area contributed by atoms with Crippen LogP contribution in [0.15, 0.2) is 42.5 Å². The summed E-state index contributed by atoms with van der Waals surface area (Å²) in [4.78, 5) is 10.7. The fourth-order valence-corrected chi connectivity index (χ4v) is 4.38. The average molecular weight is 541 g/mol. The number of carbonyl (C=O) groups is 1. The van der Waals surface area contributed by atoms with E-state index in [-0.39, 0.29) is 24.5 Å². The van der Waals surface area contributed by atoms with E-state index in [0.717, 1.165) is 22.3 Å². The molecule has 0 spiro atoms. The topological polar surface area (TPSA) is 57.5 Å². The molecule has 2 aromatic rings. The Labute approximate surface area is 218 Å². The molecule has 0 aliphatic rings. The molecule has 3 nitrogen and oxygen atoms in total. The summed E-state index contributed by atoms with van der Waals surface area (Å²) in [5.74, 6) is 4.91. The number of hydrogen-bond acceptors (Lipinski definition) is 2. The van der Waals surface area contributed by atoms with E-state index in [9.17, 15) is 36.2 Å². The van der Waals surface area contributed by atoms with E-state index >= 15 is 0 Å². The average Bonchev–Trinajstić information content (AvgIpc) is 2.81. The van der Waals surface area contributed by atoms with Crippen LogP contribution in [0.5, 0.6) is 0 Å². The molecule has 0 amide bonds. The van der Waals surface area contributed by atoms with Gasteiger partial charge in [0.05, 0.1) is 6.42 Å². The maximum Gasteiger partial charge on any atom is 0.430 e. The molecule has 0 unspecified atom stereocenters. The smallest absolute Gasteiger partial charge is 0.430 e. The van der Waals surface area contributed by atoms with Gasteiger partial charge in [-0.15, -0.1) is 0 Å². The first-order valence-corrected chi connectivity index (χ1v) is 12.0. The number of carboxylic acids is 1. The molecular weight excluding hydrogens is 510 g/mol. The van der Waals surface area contributed by atoms with E-state index in [4.69, 9.17) is 5.11 Å². The van der Waals surface area contributed by atoms with Gasteiger partial charge >= 0.3 is 18.3 Å². The standard InChI is InChI=1S/C29H30F6O3/c1-5-26(6-2,23-13-11-21(19(3)17-23)9-7-8-10-25(36)37)24-14-12-22(20(4)18-24)15-16-27(38,28(30,31)32)29(33,34)35/h11-18,38H,5-6,8,10H2,1-4H3,(H,36,37)/b16-15+. The first-order chi connectivity index (χ1) is 17.5. The number of hydrogen-bond donors (Lipinski definition) is 2. The zero-order valence-corrected chi connectivity index (χ0v) is 21.5. The first-order valence-electron chi connectivity index (χ1n) is 12.0. The maximum absolute atomic E-state index is 13.0. The van der Waals surface area contributed by atoms with Crippen molar-refractivity contribution in [2.75, 3.05) is 0 Å². The second-order valence-corrected chi connectivity index (χ2v) is 9.18. The van der Waals surface area contributed by atoms with Crippen molar-refractivity contribution in [3.8, 4) is 11.8 Å². The number of aliphatic carboxylic acids is 1. The molecule has 0 fully saturated rings. The maximum atomic E-state index is 13.0. The number of carboxylic acid groups (broad SMARTS) is 1. The van der Waals surface area contributed by atoms with Gasteiger partial charge in [0.15, 0.2) is 0 Å². The van der Waals surface area contributed by atoms with Crippen molar-refractivity contribution in [2.45, 2.75) is 76.7 Å². The molecule has 0 saturated carbocycles. The van der Waals surface area contributed by atoms with Gasteiger partial charge in [0.25, 0.3) is 5.60 Å². The molecule has 206 valence electrons. The van der Waals surface area contributed by atoms with Gasteiger partial charge in [-0.05, 0) is 66.6 Å². The van der Waals surface area contributed by atoms with Gasteiger partial charge in [0, 0.05) is 17.4 Å². The van der Waals surface area contributed by atoms with Crippen molar-refractivity contribution >= 4 is 12.0 Å². The van der Waals surface area contributed by atoms with Gasteiger partial charge in [0.2, 0.25) is 0 Å². The van der Waals surface area contributed by atoms with Gasteiger partial charge in [-0.1, -0.05) is 62.1 Å². The summed E-state index contributed by atoms with van der Waals surface area (Å²) >= 11 is 0. The minimum absolute atomic E-state index is 0.0465. The quantitative estimate of drug-likeness (QED) is 0.269. The third-order valence-corrected chi connectivity index (χ3v) is 6.86. The number of benzene rings is 2. The van der Waals surface area contributed by atoms with Crippen LogP contribution in [0.4, 0.5) is 26.3 Å². The largest absolute Gasteiger partial charge is 0.481 e. The SMILES string of the molecule is CCC(CC)(c1ccc(C#CCCC(=O)O)c(C)c1)c1ccc(/C=C/C(O)(C(F)(F)F)C(F)(F)F)c(C)c1. The highest BCUT2D eigenvalue weighted by Gasteiger charge is 2.68. The van der Waals surface area contributed by atoms with Gasteiger partial charge < -0.3 is 10.2 Å². The highest BCUT2D eigenvalue weighted by Crippen LogP contribution is 2.45. The Bertz CT molecular complexity index is 1230. The normalized spacial score (nSPS) is 12.9. The van der Waals surface area contributed by atoms with Crippen LogP contribution in [0.1, 0.15) is 72.9 Å². The summed E-state index contributed by atoms with van der Waals surface area (Å²) in [6.07, 6.45) is -9.96. The van der Waals surface area contributed by atoms with Crippen molar-refractivity contribution in [3.05, 3.63) is 75.9 Å². The highest BCUT2D eigenvalue weighted by atomic mass is 19.4. The van der Waals surface area contributed by atoms with Crippen LogP contribution >= 0.6 is 0 Å². The molecule has 9 heteroatoms. The zero-order chi connectivity index (χ0) is 28.9. The van der Waals surface area contributed by atoms with Crippen molar-refractivity contribution < 1.29 is 41.4 Å². The van der Waals surface area contributed by atoms with E-state index in [1.54, 1.807) is 19.1 Å². The third-order valence-electron chi connectivity index (χ3n) is 6.86. The first kappa shape index (κ1) is 31.0. The Morgan fingerprint density at radius 3 is 1.87 bits per heavy atom. The summed E-state index contributed by atoms with van der Waals surface area (Å²) in [5.41, 5.74) is -1.39. The van der Waals surface area contributed by atoms with E-state index in [2.05, 4.69) is 11.8 Å². The number of alkyl halides is 6. The lowest BCUT2D eigenvalue weighted by Crippen LogP contribution is -2.55. The molecule has 2 rings (SSSR count). The molecule has 0 bridgehead atoms. The van der Waals surface area contributed by atoms with Crippen molar-refractivity contribution in [3.63, 3.8) is 0 Å².